The third-order valence-electron chi connectivity index (χ3n) is 2.13. The third-order valence-corrected chi connectivity index (χ3v) is 3.69. The van der Waals surface area contributed by atoms with Crippen LogP contribution in [0.3, 0.4) is 0 Å². The van der Waals surface area contributed by atoms with E-state index in [4.69, 9.17) is 5.11 Å². The molecule has 0 aromatic rings. The minimum atomic E-state index is -0.681. The zero-order valence-electron chi connectivity index (χ0n) is 8.80. The number of hydrogen-bond donors (Lipinski definition) is 1. The predicted molar refractivity (Wildman–Crippen MR) is 58.3 cm³/mol. The minimum Gasteiger partial charge on any atom is -0.481 e. The summed E-state index contributed by atoms with van der Waals surface area (Å²) in [5.41, 5.74) is 0. The van der Waals surface area contributed by atoms with Crippen LogP contribution >= 0.6 is 11.8 Å². The van der Waals surface area contributed by atoms with E-state index in [2.05, 4.69) is 20.8 Å². The molecule has 0 atom stereocenters. The summed E-state index contributed by atoms with van der Waals surface area (Å²) < 4.78 is 0.350. The molecule has 0 amide bonds. The fourth-order valence-corrected chi connectivity index (χ4v) is 1.93. The number of unbranched alkanes of at least 4 members (excludes halogenated alkanes) is 1. The van der Waals surface area contributed by atoms with Gasteiger partial charge in [0, 0.05) is 11.2 Å². The van der Waals surface area contributed by atoms with E-state index in [0.29, 0.717) is 11.2 Å². The Balaban J connectivity index is 3.30. The van der Waals surface area contributed by atoms with Crippen molar-refractivity contribution in [3.05, 3.63) is 0 Å². The van der Waals surface area contributed by atoms with Crippen LogP contribution in [0, 0.1) is 0 Å². The Labute approximate surface area is 85.1 Å². The second-order valence-electron chi connectivity index (χ2n) is 3.81. The van der Waals surface area contributed by atoms with Gasteiger partial charge in [-0.15, -0.1) is 0 Å². The van der Waals surface area contributed by atoms with Crippen molar-refractivity contribution in [1.29, 1.82) is 0 Å². The molecule has 0 heterocycles. The fraction of sp³-hybridized carbons (Fsp3) is 0.900. The average Bonchev–Trinajstić information content (AvgIpc) is 2.03. The van der Waals surface area contributed by atoms with Crippen LogP contribution in [-0.4, -0.2) is 21.6 Å². The lowest BCUT2D eigenvalue weighted by Crippen LogP contribution is -2.13. The molecule has 1 N–H and O–H groups in total. The number of carbonyl (C=O) groups is 1. The number of rotatable bonds is 7. The highest BCUT2D eigenvalue weighted by Gasteiger charge is 2.14. The number of aliphatic carboxylic acids is 1. The Morgan fingerprint density at radius 1 is 1.38 bits per heavy atom. The summed E-state index contributed by atoms with van der Waals surface area (Å²) in [4.78, 5) is 10.2. The van der Waals surface area contributed by atoms with E-state index in [1.807, 2.05) is 11.8 Å². The van der Waals surface area contributed by atoms with Gasteiger partial charge >= 0.3 is 5.97 Å². The van der Waals surface area contributed by atoms with Crippen molar-refractivity contribution in [1.82, 2.24) is 0 Å². The molecule has 0 aliphatic carbocycles. The van der Waals surface area contributed by atoms with Crippen LogP contribution in [0.2, 0.25) is 0 Å². The van der Waals surface area contributed by atoms with Crippen molar-refractivity contribution < 1.29 is 9.90 Å². The molecule has 2 nitrogen and oxygen atoms in total. The lowest BCUT2D eigenvalue weighted by Gasteiger charge is -2.21. The number of hydrogen-bond acceptors (Lipinski definition) is 2. The molecule has 0 unspecified atom stereocenters. The van der Waals surface area contributed by atoms with Gasteiger partial charge in [-0.05, 0) is 25.0 Å². The highest BCUT2D eigenvalue weighted by molar-refractivity contribution is 8.00. The van der Waals surface area contributed by atoms with Crippen LogP contribution in [-0.2, 0) is 4.79 Å². The smallest absolute Gasteiger partial charge is 0.303 e. The second kappa shape index (κ2) is 6.30. The van der Waals surface area contributed by atoms with Gasteiger partial charge in [0.25, 0.3) is 0 Å². The maximum Gasteiger partial charge on any atom is 0.303 e. The Morgan fingerprint density at radius 3 is 2.46 bits per heavy atom. The molecular formula is C10H20O2S. The molecule has 0 aliphatic rings. The van der Waals surface area contributed by atoms with Gasteiger partial charge in [0.15, 0.2) is 0 Å². The highest BCUT2D eigenvalue weighted by Crippen LogP contribution is 2.28. The zero-order chi connectivity index (χ0) is 10.3. The number of thioether (sulfide) groups is 1. The third kappa shape index (κ3) is 8.16. The van der Waals surface area contributed by atoms with E-state index in [1.165, 1.54) is 0 Å². The van der Waals surface area contributed by atoms with Crippen LogP contribution in [0.4, 0.5) is 0 Å². The molecule has 0 aliphatic heterocycles. The van der Waals surface area contributed by atoms with Gasteiger partial charge in [-0.2, -0.15) is 11.8 Å². The Morgan fingerprint density at radius 2 is 2.00 bits per heavy atom. The lowest BCUT2D eigenvalue weighted by molar-refractivity contribution is -0.137. The Kier molecular flexibility index (Phi) is 6.21. The normalized spacial score (nSPS) is 11.6. The van der Waals surface area contributed by atoms with Crippen molar-refractivity contribution in [3.63, 3.8) is 0 Å². The topological polar surface area (TPSA) is 37.3 Å². The number of carboxylic acid groups (broad SMARTS) is 1. The molecule has 0 bridgehead atoms. The Bertz CT molecular complexity index is 155. The zero-order valence-corrected chi connectivity index (χ0v) is 9.62. The molecule has 0 rings (SSSR count). The predicted octanol–water partition coefficient (Wildman–Crippen LogP) is 3.16. The van der Waals surface area contributed by atoms with Crippen molar-refractivity contribution in [2.45, 2.75) is 51.2 Å². The monoisotopic (exact) mass is 204 g/mol. The SMILES string of the molecule is CCC(C)(C)SCCCCC(=O)O. The van der Waals surface area contributed by atoms with Crippen LogP contribution in [0.5, 0.6) is 0 Å². The van der Waals surface area contributed by atoms with Crippen LogP contribution in [0.25, 0.3) is 0 Å². The standard InChI is InChI=1S/C10H20O2S/c1-4-10(2,3)13-8-6-5-7-9(11)12/h4-8H2,1-3H3,(H,11,12). The molecule has 3 heteroatoms. The molecule has 0 aromatic carbocycles. The van der Waals surface area contributed by atoms with E-state index < -0.39 is 5.97 Å². The Hall–Kier alpha value is -0.180. The summed E-state index contributed by atoms with van der Waals surface area (Å²) in [5, 5.41) is 8.41. The van der Waals surface area contributed by atoms with Crippen molar-refractivity contribution in [2.75, 3.05) is 5.75 Å². The summed E-state index contributed by atoms with van der Waals surface area (Å²) in [6.07, 6.45) is 3.30. The van der Waals surface area contributed by atoms with Crippen LogP contribution in [0.1, 0.15) is 46.5 Å². The van der Waals surface area contributed by atoms with Crippen molar-refractivity contribution in [2.24, 2.45) is 0 Å². The first-order chi connectivity index (χ1) is 5.98. The molecule has 0 saturated heterocycles. The van der Waals surface area contributed by atoms with Gasteiger partial charge in [-0.1, -0.05) is 20.8 Å². The minimum absolute atomic E-state index is 0.313. The largest absolute Gasteiger partial charge is 0.481 e. The average molecular weight is 204 g/mol. The van der Waals surface area contributed by atoms with E-state index >= 15 is 0 Å². The maximum atomic E-state index is 10.2. The quantitative estimate of drug-likeness (QED) is 0.647. The lowest BCUT2D eigenvalue weighted by atomic mass is 10.1. The van der Waals surface area contributed by atoms with Gasteiger partial charge in [0.05, 0.1) is 0 Å². The molecule has 13 heavy (non-hydrogen) atoms. The first kappa shape index (κ1) is 12.8. The highest BCUT2D eigenvalue weighted by atomic mass is 32.2. The van der Waals surface area contributed by atoms with E-state index in [1.54, 1.807) is 0 Å². The molecule has 0 radical (unpaired) electrons. The van der Waals surface area contributed by atoms with Gasteiger partial charge in [-0.3, -0.25) is 4.79 Å². The van der Waals surface area contributed by atoms with Crippen LogP contribution in [0.15, 0.2) is 0 Å². The van der Waals surface area contributed by atoms with E-state index in [9.17, 15) is 4.79 Å². The van der Waals surface area contributed by atoms with Gasteiger partial charge in [0.1, 0.15) is 0 Å². The second-order valence-corrected chi connectivity index (χ2v) is 5.61. The first-order valence-electron chi connectivity index (χ1n) is 4.83. The summed E-state index contributed by atoms with van der Waals surface area (Å²) in [6, 6.07) is 0. The molecule has 0 spiro atoms. The van der Waals surface area contributed by atoms with Gasteiger partial charge in [-0.25, -0.2) is 0 Å². The van der Waals surface area contributed by atoms with E-state index in [-0.39, 0.29) is 0 Å². The van der Waals surface area contributed by atoms with Gasteiger partial charge < -0.3 is 5.11 Å². The molecule has 0 aromatic heterocycles. The van der Waals surface area contributed by atoms with Crippen LogP contribution < -0.4 is 0 Å². The van der Waals surface area contributed by atoms with Crippen molar-refractivity contribution in [3.8, 4) is 0 Å². The molecule has 0 saturated carbocycles. The van der Waals surface area contributed by atoms with E-state index in [0.717, 1.165) is 25.0 Å². The molecular weight excluding hydrogens is 184 g/mol. The molecule has 0 fully saturated rings. The first-order valence-corrected chi connectivity index (χ1v) is 5.82. The number of carboxylic acids is 1. The summed E-state index contributed by atoms with van der Waals surface area (Å²) >= 11 is 1.94. The summed E-state index contributed by atoms with van der Waals surface area (Å²) in [5.74, 6) is 0.397. The van der Waals surface area contributed by atoms with Gasteiger partial charge in [0.2, 0.25) is 0 Å². The summed E-state index contributed by atoms with van der Waals surface area (Å²) in [6.45, 7) is 6.65. The fourth-order valence-electron chi connectivity index (χ4n) is 0.829. The van der Waals surface area contributed by atoms with Crippen molar-refractivity contribution >= 4 is 17.7 Å². The maximum absolute atomic E-state index is 10.2. The molecule has 78 valence electrons. The summed E-state index contributed by atoms with van der Waals surface area (Å²) in [7, 11) is 0.